The molecule has 94 valence electrons. The van der Waals surface area contributed by atoms with E-state index in [1.54, 1.807) is 0 Å². The van der Waals surface area contributed by atoms with Gasteiger partial charge < -0.3 is 5.32 Å². The third-order valence-corrected chi connectivity index (χ3v) is 4.67. The van der Waals surface area contributed by atoms with E-state index in [0.29, 0.717) is 6.04 Å². The number of pyridine rings is 1. The van der Waals surface area contributed by atoms with Crippen molar-refractivity contribution in [1.29, 1.82) is 0 Å². The maximum absolute atomic E-state index is 4.50. The molecule has 1 heterocycles. The standard InChI is InChI=1S/C15H17BrN2/c1-10(11-4-2-5-11)18-15-13-6-3-7-14(16)12(13)8-9-17-15/h3,6-11H,2,4-5H2,1H3,(H,17,18). The summed E-state index contributed by atoms with van der Waals surface area (Å²) >= 11 is 3.60. The Bertz CT molecular complexity index is 563. The molecule has 1 aliphatic rings. The molecule has 0 amide bonds. The highest BCUT2D eigenvalue weighted by molar-refractivity contribution is 9.10. The first-order valence-corrected chi connectivity index (χ1v) is 7.35. The molecule has 1 fully saturated rings. The van der Waals surface area contributed by atoms with Crippen LogP contribution in [0.25, 0.3) is 10.8 Å². The number of aromatic nitrogens is 1. The molecule has 2 aromatic rings. The van der Waals surface area contributed by atoms with Crippen LogP contribution in [0.15, 0.2) is 34.9 Å². The van der Waals surface area contributed by atoms with Gasteiger partial charge in [0.2, 0.25) is 0 Å². The van der Waals surface area contributed by atoms with Crippen LogP contribution in [0.1, 0.15) is 26.2 Å². The van der Waals surface area contributed by atoms with Crippen molar-refractivity contribution in [2.24, 2.45) is 5.92 Å². The lowest BCUT2D eigenvalue weighted by molar-refractivity contribution is 0.285. The summed E-state index contributed by atoms with van der Waals surface area (Å²) in [6.07, 6.45) is 5.96. The van der Waals surface area contributed by atoms with Gasteiger partial charge in [-0.05, 0) is 37.8 Å². The molecule has 18 heavy (non-hydrogen) atoms. The van der Waals surface area contributed by atoms with Crippen molar-refractivity contribution in [1.82, 2.24) is 4.98 Å². The van der Waals surface area contributed by atoms with Crippen molar-refractivity contribution in [2.45, 2.75) is 32.2 Å². The minimum Gasteiger partial charge on any atom is -0.367 e. The molecule has 1 aromatic carbocycles. The number of halogens is 1. The molecule has 1 aromatic heterocycles. The summed E-state index contributed by atoms with van der Waals surface area (Å²) in [5, 5.41) is 5.99. The van der Waals surface area contributed by atoms with Crippen molar-refractivity contribution in [3.8, 4) is 0 Å². The number of hydrogen-bond donors (Lipinski definition) is 1. The van der Waals surface area contributed by atoms with Crippen molar-refractivity contribution >= 4 is 32.5 Å². The van der Waals surface area contributed by atoms with E-state index in [1.165, 1.54) is 30.0 Å². The van der Waals surface area contributed by atoms with Gasteiger partial charge in [-0.3, -0.25) is 0 Å². The number of nitrogens with zero attached hydrogens (tertiary/aromatic N) is 1. The van der Waals surface area contributed by atoms with Crippen LogP contribution in [0.5, 0.6) is 0 Å². The fourth-order valence-corrected chi connectivity index (χ4v) is 3.06. The lowest BCUT2D eigenvalue weighted by Crippen LogP contribution is -2.31. The smallest absolute Gasteiger partial charge is 0.134 e. The zero-order valence-electron chi connectivity index (χ0n) is 10.5. The zero-order chi connectivity index (χ0) is 12.5. The Morgan fingerprint density at radius 3 is 2.83 bits per heavy atom. The Kier molecular flexibility index (Phi) is 3.25. The molecule has 3 heteroatoms. The molecule has 1 saturated carbocycles. The average molecular weight is 305 g/mol. The van der Waals surface area contributed by atoms with Gasteiger partial charge in [-0.2, -0.15) is 0 Å². The van der Waals surface area contributed by atoms with Gasteiger partial charge >= 0.3 is 0 Å². The second-order valence-electron chi connectivity index (χ2n) is 5.12. The highest BCUT2D eigenvalue weighted by Crippen LogP contribution is 2.33. The fraction of sp³-hybridized carbons (Fsp3) is 0.400. The Balaban J connectivity index is 1.93. The molecule has 0 radical (unpaired) electrons. The molecule has 0 bridgehead atoms. The van der Waals surface area contributed by atoms with Crippen molar-refractivity contribution in [3.63, 3.8) is 0 Å². The molecule has 0 spiro atoms. The molecule has 1 atom stereocenters. The van der Waals surface area contributed by atoms with Crippen LogP contribution in [0, 0.1) is 5.92 Å². The zero-order valence-corrected chi connectivity index (χ0v) is 12.1. The molecule has 1 unspecified atom stereocenters. The van der Waals surface area contributed by atoms with E-state index in [2.05, 4.69) is 57.4 Å². The van der Waals surface area contributed by atoms with Crippen LogP contribution in [-0.4, -0.2) is 11.0 Å². The lowest BCUT2D eigenvalue weighted by atomic mass is 9.80. The van der Waals surface area contributed by atoms with E-state index in [4.69, 9.17) is 0 Å². The van der Waals surface area contributed by atoms with Gasteiger partial charge in [-0.25, -0.2) is 4.98 Å². The predicted octanol–water partition coefficient (Wildman–Crippen LogP) is 4.60. The summed E-state index contributed by atoms with van der Waals surface area (Å²) < 4.78 is 1.13. The highest BCUT2D eigenvalue weighted by Gasteiger charge is 2.24. The molecule has 0 aliphatic heterocycles. The minimum absolute atomic E-state index is 0.510. The number of nitrogens with one attached hydrogen (secondary N) is 1. The summed E-state index contributed by atoms with van der Waals surface area (Å²) in [7, 11) is 0. The molecule has 0 saturated heterocycles. The van der Waals surface area contributed by atoms with Gasteiger partial charge in [0.1, 0.15) is 5.82 Å². The summed E-state index contributed by atoms with van der Waals surface area (Å²) in [5.41, 5.74) is 0. The summed E-state index contributed by atoms with van der Waals surface area (Å²) in [4.78, 5) is 4.50. The molecule has 1 N–H and O–H groups in total. The lowest BCUT2D eigenvalue weighted by Gasteiger charge is -2.32. The predicted molar refractivity (Wildman–Crippen MR) is 79.9 cm³/mol. The summed E-state index contributed by atoms with van der Waals surface area (Å²) in [6.45, 7) is 2.27. The first kappa shape index (κ1) is 12.0. The third-order valence-electron chi connectivity index (χ3n) is 3.97. The number of benzene rings is 1. The molecule has 1 aliphatic carbocycles. The number of rotatable bonds is 3. The van der Waals surface area contributed by atoms with Crippen LogP contribution >= 0.6 is 15.9 Å². The van der Waals surface area contributed by atoms with Gasteiger partial charge in [-0.1, -0.05) is 34.5 Å². The van der Waals surface area contributed by atoms with Gasteiger partial charge in [0.15, 0.2) is 0 Å². The van der Waals surface area contributed by atoms with Crippen LogP contribution in [0.4, 0.5) is 5.82 Å². The summed E-state index contributed by atoms with van der Waals surface area (Å²) in [6, 6.07) is 8.83. The van der Waals surface area contributed by atoms with E-state index in [1.807, 2.05) is 6.20 Å². The van der Waals surface area contributed by atoms with Crippen molar-refractivity contribution in [3.05, 3.63) is 34.9 Å². The van der Waals surface area contributed by atoms with Crippen molar-refractivity contribution < 1.29 is 0 Å². The number of fused-ring (bicyclic) bond motifs is 1. The van der Waals surface area contributed by atoms with Crippen molar-refractivity contribution in [2.75, 3.05) is 5.32 Å². The second kappa shape index (κ2) is 4.88. The Hall–Kier alpha value is -1.09. The summed E-state index contributed by atoms with van der Waals surface area (Å²) in [5.74, 6) is 1.82. The van der Waals surface area contributed by atoms with E-state index in [-0.39, 0.29) is 0 Å². The molecular formula is C15H17BrN2. The maximum Gasteiger partial charge on any atom is 0.134 e. The Labute approximate surface area is 116 Å². The largest absolute Gasteiger partial charge is 0.367 e. The molecule has 3 rings (SSSR count). The second-order valence-corrected chi connectivity index (χ2v) is 5.97. The monoisotopic (exact) mass is 304 g/mol. The Morgan fingerprint density at radius 2 is 2.11 bits per heavy atom. The van der Waals surface area contributed by atoms with Crippen LogP contribution in [-0.2, 0) is 0 Å². The van der Waals surface area contributed by atoms with E-state index in [0.717, 1.165) is 16.2 Å². The van der Waals surface area contributed by atoms with Crippen LogP contribution < -0.4 is 5.32 Å². The van der Waals surface area contributed by atoms with Gasteiger partial charge in [-0.15, -0.1) is 0 Å². The van der Waals surface area contributed by atoms with Gasteiger partial charge in [0, 0.05) is 27.5 Å². The highest BCUT2D eigenvalue weighted by atomic mass is 79.9. The number of anilines is 1. The minimum atomic E-state index is 0.510. The number of hydrogen-bond acceptors (Lipinski definition) is 2. The first-order chi connectivity index (χ1) is 8.75. The SMILES string of the molecule is CC(Nc1nccc2c(Br)cccc12)C1CCC1. The quantitative estimate of drug-likeness (QED) is 0.896. The van der Waals surface area contributed by atoms with E-state index < -0.39 is 0 Å². The third kappa shape index (κ3) is 2.12. The average Bonchev–Trinajstić information content (AvgIpc) is 2.28. The van der Waals surface area contributed by atoms with Gasteiger partial charge in [0.25, 0.3) is 0 Å². The van der Waals surface area contributed by atoms with Crippen LogP contribution in [0.2, 0.25) is 0 Å². The van der Waals surface area contributed by atoms with Gasteiger partial charge in [0.05, 0.1) is 0 Å². The van der Waals surface area contributed by atoms with E-state index >= 15 is 0 Å². The normalized spacial score (nSPS) is 17.4. The fourth-order valence-electron chi connectivity index (χ4n) is 2.56. The van der Waals surface area contributed by atoms with Crippen LogP contribution in [0.3, 0.4) is 0 Å². The molecular weight excluding hydrogens is 288 g/mol. The maximum atomic E-state index is 4.50. The Morgan fingerprint density at radius 1 is 1.28 bits per heavy atom. The van der Waals surface area contributed by atoms with E-state index in [9.17, 15) is 0 Å². The topological polar surface area (TPSA) is 24.9 Å². The first-order valence-electron chi connectivity index (χ1n) is 6.55. The molecule has 2 nitrogen and oxygen atoms in total.